The van der Waals surface area contributed by atoms with Gasteiger partial charge in [-0.15, -0.1) is 0 Å². The minimum Gasteiger partial charge on any atom is -0.383 e. The molecule has 0 aromatic rings. The fraction of sp³-hybridized carbons (Fsp3) is 0.500. The maximum absolute atomic E-state index is 10.2. The molecule has 0 saturated carbocycles. The van der Waals surface area contributed by atoms with Crippen molar-refractivity contribution in [2.24, 2.45) is 5.73 Å². The van der Waals surface area contributed by atoms with E-state index in [4.69, 9.17) is 10.3 Å². The van der Waals surface area contributed by atoms with Gasteiger partial charge in [-0.1, -0.05) is 0 Å². The van der Waals surface area contributed by atoms with Gasteiger partial charge >= 0.3 is 0 Å². The molecule has 0 radical (unpaired) electrons. The average molecular weight is 148 g/mol. The third-order valence-electron chi connectivity index (χ3n) is 0.832. The molecule has 0 rings (SSSR count). The van der Waals surface area contributed by atoms with E-state index >= 15 is 0 Å². The monoisotopic (exact) mass is 148 g/mol. The highest BCUT2D eigenvalue weighted by molar-refractivity contribution is 5.85. The van der Waals surface area contributed by atoms with Gasteiger partial charge < -0.3 is 10.8 Å². The number of hydroxylamine groups is 1. The Hall–Kier alpha value is -1.14. The van der Waals surface area contributed by atoms with Gasteiger partial charge in [0.05, 0.1) is 6.42 Å². The van der Waals surface area contributed by atoms with Gasteiger partial charge in [0.15, 0.2) is 0 Å². The number of amides is 2. The number of aliphatic hydroxyl groups is 1. The van der Waals surface area contributed by atoms with Crippen LogP contribution in [0.15, 0.2) is 0 Å². The minimum absolute atomic E-state index is 0.522. The maximum atomic E-state index is 10.2. The second-order valence-corrected chi connectivity index (χ2v) is 1.66. The van der Waals surface area contributed by atoms with Gasteiger partial charge in [-0.05, 0) is 0 Å². The predicted octanol–water partition coefficient (Wildman–Crippen LogP) is -2.27. The highest BCUT2D eigenvalue weighted by Gasteiger charge is 2.14. The fourth-order valence-corrected chi connectivity index (χ4v) is 0.322. The summed E-state index contributed by atoms with van der Waals surface area (Å²) in [4.78, 5) is 20.3. The Morgan fingerprint density at radius 2 is 2.10 bits per heavy atom. The lowest BCUT2D eigenvalue weighted by molar-refractivity contribution is -0.136. The molecule has 1 atom stereocenters. The normalized spacial score (nSPS) is 12.2. The number of carbonyl (C=O) groups excluding carboxylic acids is 2. The zero-order valence-electron chi connectivity index (χ0n) is 5.07. The van der Waals surface area contributed by atoms with Crippen LogP contribution < -0.4 is 11.2 Å². The van der Waals surface area contributed by atoms with E-state index in [-0.39, 0.29) is 0 Å². The van der Waals surface area contributed by atoms with Gasteiger partial charge in [0.2, 0.25) is 11.8 Å². The van der Waals surface area contributed by atoms with Crippen molar-refractivity contribution in [1.82, 2.24) is 5.48 Å². The highest BCUT2D eigenvalue weighted by atomic mass is 16.5. The van der Waals surface area contributed by atoms with Crippen molar-refractivity contribution in [1.29, 1.82) is 0 Å². The second kappa shape index (κ2) is 3.80. The maximum Gasteiger partial charge on any atom is 0.246 e. The van der Waals surface area contributed by atoms with E-state index in [1.807, 2.05) is 0 Å². The van der Waals surface area contributed by atoms with Gasteiger partial charge in [0.1, 0.15) is 6.10 Å². The van der Waals surface area contributed by atoms with Gasteiger partial charge in [-0.3, -0.25) is 14.8 Å². The molecule has 0 aromatic heterocycles. The molecule has 0 aromatic carbocycles. The Balaban J connectivity index is 3.68. The summed E-state index contributed by atoms with van der Waals surface area (Å²) in [6.45, 7) is 0. The Morgan fingerprint density at radius 3 is 2.40 bits per heavy atom. The quantitative estimate of drug-likeness (QED) is 0.267. The van der Waals surface area contributed by atoms with E-state index in [1.54, 1.807) is 0 Å². The van der Waals surface area contributed by atoms with E-state index in [0.717, 1.165) is 0 Å². The molecule has 0 aliphatic rings. The molecular formula is C4H8N2O4. The van der Waals surface area contributed by atoms with Crippen molar-refractivity contribution >= 4 is 11.8 Å². The molecule has 2 amide bonds. The molecular weight excluding hydrogens is 140 g/mol. The minimum atomic E-state index is -1.54. The molecule has 0 saturated heterocycles. The highest BCUT2D eigenvalue weighted by Crippen LogP contribution is 1.88. The van der Waals surface area contributed by atoms with Crippen LogP contribution in [0, 0.1) is 0 Å². The molecule has 0 aliphatic heterocycles. The molecule has 0 aliphatic carbocycles. The first-order valence-corrected chi connectivity index (χ1v) is 2.48. The van der Waals surface area contributed by atoms with Crippen molar-refractivity contribution in [3.8, 4) is 0 Å². The number of rotatable bonds is 3. The van der Waals surface area contributed by atoms with Gasteiger partial charge in [-0.2, -0.15) is 0 Å². The van der Waals surface area contributed by atoms with Crippen LogP contribution in [-0.4, -0.2) is 28.2 Å². The summed E-state index contributed by atoms with van der Waals surface area (Å²) in [6.07, 6.45) is -2.06. The molecule has 6 heteroatoms. The number of hydrogen-bond acceptors (Lipinski definition) is 4. The van der Waals surface area contributed by atoms with Crippen LogP contribution in [0.5, 0.6) is 0 Å². The van der Waals surface area contributed by atoms with Crippen LogP contribution in [0.25, 0.3) is 0 Å². The summed E-state index contributed by atoms with van der Waals surface area (Å²) in [5.74, 6) is -1.85. The molecule has 1 unspecified atom stereocenters. The lowest BCUT2D eigenvalue weighted by Gasteiger charge is -2.02. The van der Waals surface area contributed by atoms with E-state index in [2.05, 4.69) is 5.73 Å². The summed E-state index contributed by atoms with van der Waals surface area (Å²) in [5, 5.41) is 16.5. The van der Waals surface area contributed by atoms with Crippen molar-refractivity contribution in [3.63, 3.8) is 0 Å². The zero-order chi connectivity index (χ0) is 8.15. The first-order chi connectivity index (χ1) is 4.57. The van der Waals surface area contributed by atoms with E-state index in [0.29, 0.717) is 0 Å². The first-order valence-electron chi connectivity index (χ1n) is 2.48. The van der Waals surface area contributed by atoms with Crippen LogP contribution >= 0.6 is 0 Å². The SMILES string of the molecule is NC(=O)C(O)CC(=O)NO. The Morgan fingerprint density at radius 1 is 1.60 bits per heavy atom. The van der Waals surface area contributed by atoms with Gasteiger partial charge in [-0.25, -0.2) is 5.48 Å². The van der Waals surface area contributed by atoms with Crippen LogP contribution in [0.3, 0.4) is 0 Å². The number of primary amides is 1. The fourth-order valence-electron chi connectivity index (χ4n) is 0.322. The summed E-state index contributed by atoms with van der Waals surface area (Å²) >= 11 is 0. The van der Waals surface area contributed by atoms with E-state index in [1.165, 1.54) is 5.48 Å². The Labute approximate surface area is 56.6 Å². The Bertz CT molecular complexity index is 146. The second-order valence-electron chi connectivity index (χ2n) is 1.66. The first kappa shape index (κ1) is 8.86. The third-order valence-corrected chi connectivity index (χ3v) is 0.832. The van der Waals surface area contributed by atoms with Crippen LogP contribution in [0.4, 0.5) is 0 Å². The molecule has 10 heavy (non-hydrogen) atoms. The lowest BCUT2D eigenvalue weighted by Crippen LogP contribution is -2.33. The largest absolute Gasteiger partial charge is 0.383 e. The van der Waals surface area contributed by atoms with Crippen LogP contribution in [-0.2, 0) is 9.59 Å². The summed E-state index contributed by atoms with van der Waals surface area (Å²) in [7, 11) is 0. The predicted molar refractivity (Wildman–Crippen MR) is 29.7 cm³/mol. The number of carbonyl (C=O) groups is 2. The average Bonchev–Trinajstić information content (AvgIpc) is 1.87. The van der Waals surface area contributed by atoms with Gasteiger partial charge in [0, 0.05) is 0 Å². The summed E-state index contributed by atoms with van der Waals surface area (Å²) < 4.78 is 0. The number of hydrogen-bond donors (Lipinski definition) is 4. The lowest BCUT2D eigenvalue weighted by atomic mass is 10.2. The summed E-state index contributed by atoms with van der Waals surface area (Å²) in [6, 6.07) is 0. The van der Waals surface area contributed by atoms with Gasteiger partial charge in [0.25, 0.3) is 0 Å². The zero-order valence-corrected chi connectivity index (χ0v) is 5.07. The standard InChI is InChI=1S/C4H8N2O4/c5-4(9)2(7)1-3(8)6-10/h2,7,10H,1H2,(H2,5,9)(H,6,8). The Kier molecular flexibility index (Phi) is 3.37. The number of nitrogens with one attached hydrogen (secondary N) is 1. The van der Waals surface area contributed by atoms with Crippen molar-refractivity contribution < 1.29 is 19.9 Å². The molecule has 0 bridgehead atoms. The molecule has 0 fully saturated rings. The van der Waals surface area contributed by atoms with Crippen molar-refractivity contribution in [2.75, 3.05) is 0 Å². The molecule has 0 spiro atoms. The molecule has 58 valence electrons. The topological polar surface area (TPSA) is 113 Å². The van der Waals surface area contributed by atoms with E-state index in [9.17, 15) is 9.59 Å². The number of nitrogens with two attached hydrogens (primary N) is 1. The third kappa shape index (κ3) is 3.00. The van der Waals surface area contributed by atoms with E-state index < -0.39 is 24.3 Å². The molecule has 0 heterocycles. The van der Waals surface area contributed by atoms with Crippen LogP contribution in [0.2, 0.25) is 0 Å². The van der Waals surface area contributed by atoms with Crippen LogP contribution in [0.1, 0.15) is 6.42 Å². The van der Waals surface area contributed by atoms with Crippen molar-refractivity contribution in [3.05, 3.63) is 0 Å². The molecule has 5 N–H and O–H groups in total. The van der Waals surface area contributed by atoms with Crippen molar-refractivity contribution in [2.45, 2.75) is 12.5 Å². The molecule has 6 nitrogen and oxygen atoms in total. The number of aliphatic hydroxyl groups excluding tert-OH is 1. The smallest absolute Gasteiger partial charge is 0.246 e. The summed E-state index contributed by atoms with van der Waals surface area (Å²) in [5.41, 5.74) is 5.83.